The summed E-state index contributed by atoms with van der Waals surface area (Å²) in [5, 5.41) is 8.63. The van der Waals surface area contributed by atoms with Crippen LogP contribution in [0.1, 0.15) is 16.8 Å². The van der Waals surface area contributed by atoms with E-state index in [1.165, 1.54) is 0 Å². The third-order valence-corrected chi connectivity index (χ3v) is 4.33. The second-order valence-electron chi connectivity index (χ2n) is 5.52. The molecule has 2 aromatic heterocycles. The standard InChI is InChI=1S/C17H17ClN4O/c1-10-14-16(20-13(23)9-12-7-5-4-6-8-12)21-22(3)17(14)19-11(2)15(10)18/h4-8H,9H2,1-3H3,(H,20,21,23). The van der Waals surface area contributed by atoms with Crippen LogP contribution in [0.25, 0.3) is 11.0 Å². The average molecular weight is 329 g/mol. The summed E-state index contributed by atoms with van der Waals surface area (Å²) in [6, 6.07) is 9.59. The molecule has 0 saturated carbocycles. The lowest BCUT2D eigenvalue weighted by atomic mass is 10.1. The van der Waals surface area contributed by atoms with E-state index < -0.39 is 0 Å². The van der Waals surface area contributed by atoms with Crippen LogP contribution in [0.2, 0.25) is 5.02 Å². The molecule has 0 unspecified atom stereocenters. The number of rotatable bonds is 3. The second-order valence-corrected chi connectivity index (χ2v) is 5.90. The van der Waals surface area contributed by atoms with Crippen LogP contribution in [0, 0.1) is 13.8 Å². The lowest BCUT2D eigenvalue weighted by Crippen LogP contribution is -2.15. The highest BCUT2D eigenvalue weighted by molar-refractivity contribution is 6.33. The minimum atomic E-state index is -0.118. The van der Waals surface area contributed by atoms with Crippen LogP contribution >= 0.6 is 11.6 Å². The number of nitrogens with zero attached hydrogens (tertiary/aromatic N) is 3. The van der Waals surface area contributed by atoms with E-state index in [9.17, 15) is 4.79 Å². The third-order valence-electron chi connectivity index (χ3n) is 3.78. The van der Waals surface area contributed by atoms with Gasteiger partial charge in [-0.25, -0.2) is 9.67 Å². The smallest absolute Gasteiger partial charge is 0.230 e. The molecule has 3 rings (SSSR count). The Morgan fingerprint density at radius 1 is 1.26 bits per heavy atom. The van der Waals surface area contributed by atoms with Crippen LogP contribution in [0.3, 0.4) is 0 Å². The van der Waals surface area contributed by atoms with Gasteiger partial charge in [0.1, 0.15) is 0 Å². The number of carbonyl (C=O) groups excluding carboxylic acids is 1. The molecule has 0 spiro atoms. The number of halogens is 1. The fraction of sp³-hybridized carbons (Fsp3) is 0.235. The first kappa shape index (κ1) is 15.5. The van der Waals surface area contributed by atoms with Crippen LogP contribution in [0.4, 0.5) is 5.82 Å². The van der Waals surface area contributed by atoms with Gasteiger partial charge in [0.25, 0.3) is 0 Å². The SMILES string of the molecule is Cc1nc2c(c(NC(=O)Cc3ccccc3)nn2C)c(C)c1Cl. The Hall–Kier alpha value is -2.40. The van der Waals surface area contributed by atoms with Crippen molar-refractivity contribution in [2.24, 2.45) is 7.05 Å². The van der Waals surface area contributed by atoms with E-state index in [0.717, 1.165) is 22.2 Å². The summed E-state index contributed by atoms with van der Waals surface area (Å²) in [4.78, 5) is 16.7. The average Bonchev–Trinajstić information content (AvgIpc) is 2.81. The highest BCUT2D eigenvalue weighted by Crippen LogP contribution is 2.31. The van der Waals surface area contributed by atoms with Crippen molar-refractivity contribution in [3.05, 3.63) is 52.2 Å². The Balaban J connectivity index is 1.94. The molecule has 1 N–H and O–H groups in total. The van der Waals surface area contributed by atoms with E-state index in [1.54, 1.807) is 11.7 Å². The first-order chi connectivity index (χ1) is 11.0. The second kappa shape index (κ2) is 6.01. The van der Waals surface area contributed by atoms with Gasteiger partial charge < -0.3 is 5.32 Å². The molecule has 0 bridgehead atoms. The van der Waals surface area contributed by atoms with Crippen LogP contribution in [0.15, 0.2) is 30.3 Å². The summed E-state index contributed by atoms with van der Waals surface area (Å²) in [5.41, 5.74) is 3.28. The van der Waals surface area contributed by atoms with Gasteiger partial charge in [-0.3, -0.25) is 4.79 Å². The summed E-state index contributed by atoms with van der Waals surface area (Å²) in [6.07, 6.45) is 0.297. The van der Waals surface area contributed by atoms with Crippen molar-refractivity contribution in [2.75, 3.05) is 5.32 Å². The molecule has 23 heavy (non-hydrogen) atoms. The maximum atomic E-state index is 12.3. The van der Waals surface area contributed by atoms with Crippen molar-refractivity contribution in [1.29, 1.82) is 0 Å². The molecule has 5 nitrogen and oxygen atoms in total. The van der Waals surface area contributed by atoms with E-state index in [4.69, 9.17) is 11.6 Å². The van der Waals surface area contributed by atoms with E-state index in [0.29, 0.717) is 22.9 Å². The molecular weight excluding hydrogens is 312 g/mol. The summed E-state index contributed by atoms with van der Waals surface area (Å²) in [7, 11) is 1.80. The topological polar surface area (TPSA) is 59.8 Å². The Kier molecular flexibility index (Phi) is 4.05. The largest absolute Gasteiger partial charge is 0.308 e. The van der Waals surface area contributed by atoms with Crippen LogP contribution in [0.5, 0.6) is 0 Å². The highest BCUT2D eigenvalue weighted by Gasteiger charge is 2.18. The predicted octanol–water partition coefficient (Wildman–Crippen LogP) is 3.42. The third kappa shape index (κ3) is 2.92. The number of hydrogen-bond donors (Lipinski definition) is 1. The first-order valence-corrected chi connectivity index (χ1v) is 7.68. The molecule has 0 fully saturated rings. The summed E-state index contributed by atoms with van der Waals surface area (Å²) < 4.78 is 1.66. The quantitative estimate of drug-likeness (QED) is 0.801. The van der Waals surface area contributed by atoms with Gasteiger partial charge in [-0.2, -0.15) is 5.10 Å². The number of anilines is 1. The van der Waals surface area contributed by atoms with Gasteiger partial charge in [-0.05, 0) is 25.0 Å². The monoisotopic (exact) mass is 328 g/mol. The van der Waals surface area contributed by atoms with Crippen molar-refractivity contribution >= 4 is 34.4 Å². The molecule has 1 amide bonds. The summed E-state index contributed by atoms with van der Waals surface area (Å²) in [5.74, 6) is 0.377. The van der Waals surface area contributed by atoms with Crippen molar-refractivity contribution in [3.8, 4) is 0 Å². The van der Waals surface area contributed by atoms with E-state index >= 15 is 0 Å². The molecule has 0 aliphatic carbocycles. The van der Waals surface area contributed by atoms with Gasteiger partial charge in [0, 0.05) is 7.05 Å². The zero-order valence-corrected chi connectivity index (χ0v) is 14.0. The highest BCUT2D eigenvalue weighted by atomic mass is 35.5. The van der Waals surface area contributed by atoms with Gasteiger partial charge in [0.2, 0.25) is 5.91 Å². The number of carbonyl (C=O) groups is 1. The summed E-state index contributed by atoms with van der Waals surface area (Å²) in [6.45, 7) is 3.77. The fourth-order valence-corrected chi connectivity index (χ4v) is 2.76. The number of pyridine rings is 1. The molecule has 0 saturated heterocycles. The minimum Gasteiger partial charge on any atom is -0.308 e. The van der Waals surface area contributed by atoms with E-state index in [2.05, 4.69) is 15.4 Å². The van der Waals surface area contributed by atoms with Crippen LogP contribution in [-0.2, 0) is 18.3 Å². The van der Waals surface area contributed by atoms with Crippen molar-refractivity contribution in [2.45, 2.75) is 20.3 Å². The normalized spacial score (nSPS) is 11.0. The summed E-state index contributed by atoms with van der Waals surface area (Å²) >= 11 is 6.29. The number of benzene rings is 1. The molecule has 0 aliphatic rings. The van der Waals surface area contributed by atoms with Crippen molar-refractivity contribution in [1.82, 2.24) is 14.8 Å². The molecule has 0 aliphatic heterocycles. The van der Waals surface area contributed by atoms with Gasteiger partial charge in [0.15, 0.2) is 11.5 Å². The first-order valence-electron chi connectivity index (χ1n) is 7.30. The molecular formula is C17H17ClN4O. The minimum absolute atomic E-state index is 0.118. The molecule has 2 heterocycles. The van der Waals surface area contributed by atoms with E-state index in [-0.39, 0.29) is 5.91 Å². The number of hydrogen-bond acceptors (Lipinski definition) is 3. The van der Waals surface area contributed by atoms with Gasteiger partial charge in [-0.1, -0.05) is 41.9 Å². The predicted molar refractivity (Wildman–Crippen MR) is 91.8 cm³/mol. The number of aryl methyl sites for hydroxylation is 3. The zero-order chi connectivity index (χ0) is 16.6. The zero-order valence-electron chi connectivity index (χ0n) is 13.2. The molecule has 6 heteroatoms. The Morgan fingerprint density at radius 2 is 1.96 bits per heavy atom. The lowest BCUT2D eigenvalue weighted by molar-refractivity contribution is -0.115. The Labute approximate surface area is 139 Å². The van der Waals surface area contributed by atoms with Crippen molar-refractivity contribution in [3.63, 3.8) is 0 Å². The number of nitrogens with one attached hydrogen (secondary N) is 1. The van der Waals surface area contributed by atoms with Gasteiger partial charge in [-0.15, -0.1) is 0 Å². The maximum absolute atomic E-state index is 12.3. The number of aromatic nitrogens is 3. The van der Waals surface area contributed by atoms with Crippen LogP contribution < -0.4 is 5.32 Å². The van der Waals surface area contributed by atoms with Gasteiger partial charge >= 0.3 is 0 Å². The van der Waals surface area contributed by atoms with Crippen LogP contribution in [-0.4, -0.2) is 20.7 Å². The number of fused-ring (bicyclic) bond motifs is 1. The maximum Gasteiger partial charge on any atom is 0.230 e. The molecule has 3 aromatic rings. The molecule has 118 valence electrons. The van der Waals surface area contributed by atoms with Crippen molar-refractivity contribution < 1.29 is 4.79 Å². The Morgan fingerprint density at radius 3 is 2.65 bits per heavy atom. The van der Waals surface area contributed by atoms with E-state index in [1.807, 2.05) is 44.2 Å². The fourth-order valence-electron chi connectivity index (χ4n) is 2.62. The Bertz CT molecular complexity index is 887. The molecule has 0 radical (unpaired) electrons. The molecule has 0 atom stereocenters. The lowest BCUT2D eigenvalue weighted by Gasteiger charge is -2.06. The van der Waals surface area contributed by atoms with Gasteiger partial charge in [0.05, 0.1) is 22.5 Å². The molecule has 1 aromatic carbocycles. The number of amides is 1.